The Kier molecular flexibility index (Phi) is 4.74. The van der Waals surface area contributed by atoms with Crippen molar-refractivity contribution in [1.82, 2.24) is 10.2 Å². The summed E-state index contributed by atoms with van der Waals surface area (Å²) in [5.41, 5.74) is 4.83. The Morgan fingerprint density at radius 3 is 2.62 bits per heavy atom. The van der Waals surface area contributed by atoms with E-state index in [1.807, 2.05) is 11.9 Å². The maximum atomic E-state index is 12.9. The number of hydrogen-bond acceptors (Lipinski definition) is 3. The first-order valence-electron chi connectivity index (χ1n) is 9.71. The first kappa shape index (κ1) is 17.9. The normalized spacial score (nSPS) is 26.6. The van der Waals surface area contributed by atoms with Gasteiger partial charge in [0.05, 0.1) is 12.7 Å². The largest absolute Gasteiger partial charge is 0.464 e. The third-order valence-corrected chi connectivity index (χ3v) is 6.60. The van der Waals surface area contributed by atoms with Crippen LogP contribution in [0.2, 0.25) is 0 Å². The fourth-order valence-corrected chi connectivity index (χ4v) is 5.12. The Bertz CT molecular complexity index is 819. The number of benzene rings is 1. The summed E-state index contributed by atoms with van der Waals surface area (Å²) in [5.74, 6) is 0.217. The molecule has 2 unspecified atom stereocenters. The van der Waals surface area contributed by atoms with Crippen LogP contribution in [-0.2, 0) is 24.1 Å². The molecular weight excluding hydrogens is 348 g/mol. The predicted octanol–water partition coefficient (Wildman–Crippen LogP) is 3.63. The van der Waals surface area contributed by atoms with Crippen LogP contribution in [0, 0.1) is 0 Å². The molecule has 1 N–H and O–H groups in total. The summed E-state index contributed by atoms with van der Waals surface area (Å²) < 4.78 is 5.76. The number of nitrogens with one attached hydrogen (secondary N) is 1. The smallest absolute Gasteiger partial charge is 0.227 e. The number of fused-ring (bicyclic) bond motifs is 4. The van der Waals surface area contributed by atoms with Crippen molar-refractivity contribution >= 4 is 29.3 Å². The highest BCUT2D eigenvalue weighted by atomic mass is 35.5. The topological polar surface area (TPSA) is 45.5 Å². The fourth-order valence-electron chi connectivity index (χ4n) is 5.12. The van der Waals surface area contributed by atoms with Gasteiger partial charge in [-0.15, -0.1) is 12.4 Å². The van der Waals surface area contributed by atoms with Crippen molar-refractivity contribution in [1.29, 1.82) is 0 Å². The van der Waals surface area contributed by atoms with Gasteiger partial charge >= 0.3 is 0 Å². The van der Waals surface area contributed by atoms with E-state index >= 15 is 0 Å². The number of aryl methyl sites for hydroxylation is 2. The lowest BCUT2D eigenvalue weighted by molar-refractivity contribution is -0.131. The molecule has 2 atom stereocenters. The molecule has 2 fully saturated rings. The van der Waals surface area contributed by atoms with E-state index in [0.717, 1.165) is 42.2 Å². The van der Waals surface area contributed by atoms with Crippen LogP contribution in [0.4, 0.5) is 0 Å². The van der Waals surface area contributed by atoms with Gasteiger partial charge in [-0.2, -0.15) is 0 Å². The number of rotatable bonds is 3. The molecule has 2 saturated heterocycles. The van der Waals surface area contributed by atoms with Crippen molar-refractivity contribution in [3.05, 3.63) is 35.1 Å². The highest BCUT2D eigenvalue weighted by Gasteiger charge is 2.36. The molecule has 0 spiro atoms. The summed E-state index contributed by atoms with van der Waals surface area (Å²) in [7, 11) is 1.98. The zero-order chi connectivity index (χ0) is 17.0. The Balaban J connectivity index is 0.00000168. The van der Waals surface area contributed by atoms with Crippen molar-refractivity contribution in [2.24, 2.45) is 0 Å². The van der Waals surface area contributed by atoms with Crippen molar-refractivity contribution in [2.75, 3.05) is 7.05 Å². The van der Waals surface area contributed by atoms with Crippen LogP contribution in [0.3, 0.4) is 0 Å². The Morgan fingerprint density at radius 2 is 1.88 bits per heavy atom. The Hall–Kier alpha value is -1.52. The summed E-state index contributed by atoms with van der Waals surface area (Å²) in [5, 5.41) is 4.79. The summed E-state index contributed by atoms with van der Waals surface area (Å²) in [4.78, 5) is 14.9. The van der Waals surface area contributed by atoms with Gasteiger partial charge in [0, 0.05) is 36.1 Å². The zero-order valence-corrected chi connectivity index (χ0v) is 16.1. The molecule has 5 rings (SSSR count). The first-order chi connectivity index (χ1) is 12.2. The Morgan fingerprint density at radius 1 is 1.19 bits per heavy atom. The van der Waals surface area contributed by atoms with Crippen LogP contribution in [0.25, 0.3) is 11.0 Å². The van der Waals surface area contributed by atoms with Crippen molar-refractivity contribution < 1.29 is 9.21 Å². The number of hydrogen-bond donors (Lipinski definition) is 1. The van der Waals surface area contributed by atoms with Crippen LogP contribution >= 0.6 is 12.4 Å². The SMILES string of the molecule is CN(C(=O)Cc1coc2cc3c(cc12)CCC3)C1CC2CCC(C1)N2.Cl. The minimum absolute atomic E-state index is 0. The number of furan rings is 1. The maximum Gasteiger partial charge on any atom is 0.227 e. The van der Waals surface area contributed by atoms with E-state index < -0.39 is 0 Å². The van der Waals surface area contributed by atoms with Crippen LogP contribution < -0.4 is 5.32 Å². The molecule has 1 aromatic heterocycles. The van der Waals surface area contributed by atoms with Gasteiger partial charge in [-0.3, -0.25) is 4.79 Å². The highest BCUT2D eigenvalue weighted by Crippen LogP contribution is 2.32. The van der Waals surface area contributed by atoms with E-state index in [2.05, 4.69) is 17.4 Å². The number of carbonyl (C=O) groups excluding carboxylic acids is 1. The number of nitrogens with zero attached hydrogens (tertiary/aromatic N) is 1. The molecule has 0 saturated carbocycles. The average molecular weight is 375 g/mol. The summed E-state index contributed by atoms with van der Waals surface area (Å²) in [6.07, 6.45) is 10.5. The van der Waals surface area contributed by atoms with Gasteiger partial charge in [0.15, 0.2) is 0 Å². The fraction of sp³-hybridized carbons (Fsp3) is 0.571. The molecular formula is C21H27ClN2O2. The standard InChI is InChI=1S/C21H26N2O2.ClH/c1-23(18-10-16-5-6-17(11-18)22-16)21(24)9-15-12-25-20-8-14-4-2-3-13(14)7-19(15)20;/h7-8,12,16-18,22H,2-6,9-11H2,1H3;1H. The van der Waals surface area contributed by atoms with Crippen molar-refractivity contribution in [3.8, 4) is 0 Å². The quantitative estimate of drug-likeness (QED) is 0.892. The summed E-state index contributed by atoms with van der Waals surface area (Å²) in [6, 6.07) is 6.04. The van der Waals surface area contributed by atoms with Crippen LogP contribution in [0.5, 0.6) is 0 Å². The van der Waals surface area contributed by atoms with Crippen LogP contribution in [0.1, 0.15) is 48.8 Å². The lowest BCUT2D eigenvalue weighted by Crippen LogP contribution is -2.49. The molecule has 1 aromatic carbocycles. The highest BCUT2D eigenvalue weighted by molar-refractivity contribution is 5.88. The van der Waals surface area contributed by atoms with Crippen molar-refractivity contribution in [2.45, 2.75) is 69.5 Å². The minimum Gasteiger partial charge on any atom is -0.464 e. The lowest BCUT2D eigenvalue weighted by atomic mass is 9.97. The zero-order valence-electron chi connectivity index (χ0n) is 15.3. The molecule has 2 bridgehead atoms. The molecule has 1 amide bonds. The average Bonchev–Trinajstić information content (AvgIpc) is 3.31. The van der Waals surface area contributed by atoms with Gasteiger partial charge in [-0.1, -0.05) is 0 Å². The number of halogens is 1. The lowest BCUT2D eigenvalue weighted by Gasteiger charge is -2.35. The van der Waals surface area contributed by atoms with E-state index in [1.54, 1.807) is 6.26 Å². The molecule has 2 aromatic rings. The van der Waals surface area contributed by atoms with Crippen LogP contribution in [0.15, 0.2) is 22.8 Å². The molecule has 0 radical (unpaired) electrons. The third kappa shape index (κ3) is 3.03. The van der Waals surface area contributed by atoms with Gasteiger partial charge in [0.25, 0.3) is 0 Å². The Labute approximate surface area is 160 Å². The van der Waals surface area contributed by atoms with Gasteiger partial charge in [-0.05, 0) is 68.2 Å². The second-order valence-electron chi connectivity index (χ2n) is 8.18. The monoisotopic (exact) mass is 374 g/mol. The van der Waals surface area contributed by atoms with Gasteiger partial charge in [0.1, 0.15) is 5.58 Å². The second kappa shape index (κ2) is 6.90. The van der Waals surface area contributed by atoms with Crippen LogP contribution in [-0.4, -0.2) is 36.0 Å². The van der Waals surface area contributed by atoms with E-state index in [0.29, 0.717) is 24.5 Å². The molecule has 5 heteroatoms. The minimum atomic E-state index is 0. The second-order valence-corrected chi connectivity index (χ2v) is 8.18. The van der Waals surface area contributed by atoms with Gasteiger partial charge in [0.2, 0.25) is 5.91 Å². The van der Waals surface area contributed by atoms with E-state index in [4.69, 9.17) is 4.42 Å². The van der Waals surface area contributed by atoms with E-state index in [-0.39, 0.29) is 18.3 Å². The predicted molar refractivity (Wildman–Crippen MR) is 105 cm³/mol. The molecule has 2 aliphatic heterocycles. The number of carbonyl (C=O) groups is 1. The van der Waals surface area contributed by atoms with E-state index in [9.17, 15) is 4.79 Å². The number of piperidine rings is 1. The molecule has 4 nitrogen and oxygen atoms in total. The van der Waals surface area contributed by atoms with Gasteiger partial charge < -0.3 is 14.6 Å². The summed E-state index contributed by atoms with van der Waals surface area (Å²) in [6.45, 7) is 0. The van der Waals surface area contributed by atoms with Gasteiger partial charge in [-0.25, -0.2) is 0 Å². The van der Waals surface area contributed by atoms with Crippen molar-refractivity contribution in [3.63, 3.8) is 0 Å². The molecule has 3 heterocycles. The maximum absolute atomic E-state index is 12.9. The molecule has 26 heavy (non-hydrogen) atoms. The molecule has 3 aliphatic rings. The molecule has 140 valence electrons. The number of likely N-dealkylation sites (N-methyl/N-ethyl adjacent to an activating group) is 1. The first-order valence-corrected chi connectivity index (χ1v) is 9.71. The third-order valence-electron chi connectivity index (χ3n) is 6.60. The van der Waals surface area contributed by atoms with E-state index in [1.165, 1.54) is 30.4 Å². The summed E-state index contributed by atoms with van der Waals surface area (Å²) >= 11 is 0. The molecule has 1 aliphatic carbocycles. The number of amides is 1.